The number of likely N-dealkylation sites (N-methyl/N-ethyl adjacent to an activating group) is 1. The zero-order chi connectivity index (χ0) is 29.1. The molecule has 2 amide bonds. The maximum absolute atomic E-state index is 14.4. The molecule has 212 valence electrons. The van der Waals surface area contributed by atoms with Gasteiger partial charge in [-0.25, -0.2) is 13.6 Å². The molecule has 2 aromatic carbocycles. The lowest BCUT2D eigenvalue weighted by atomic mass is 9.84. The predicted octanol–water partition coefficient (Wildman–Crippen LogP) is 6.16. The molecule has 0 saturated heterocycles. The average molecular weight is 571 g/mol. The first-order chi connectivity index (χ1) is 18.9. The van der Waals surface area contributed by atoms with Gasteiger partial charge in [0, 0.05) is 48.3 Å². The SMILES string of the molecule is COc1ccc(CCC(=O)N(C2CC(F)(F)C2)C(C(=O)[N+](C)(C)Cc2ccc(Cl)cc2)c2ccncc2C)cc1. The van der Waals surface area contributed by atoms with Crippen LogP contribution in [-0.4, -0.2) is 59.4 Å². The molecule has 1 unspecified atom stereocenters. The van der Waals surface area contributed by atoms with E-state index >= 15 is 0 Å². The van der Waals surface area contributed by atoms with Gasteiger partial charge in [0.1, 0.15) is 12.3 Å². The number of alkyl halides is 2. The Morgan fingerprint density at radius 1 is 1.07 bits per heavy atom. The van der Waals surface area contributed by atoms with Gasteiger partial charge in [-0.2, -0.15) is 0 Å². The van der Waals surface area contributed by atoms with Gasteiger partial charge >= 0.3 is 5.91 Å². The second-order valence-corrected chi connectivity index (χ2v) is 11.4. The zero-order valence-corrected chi connectivity index (χ0v) is 24.0. The van der Waals surface area contributed by atoms with Gasteiger partial charge in [-0.1, -0.05) is 35.9 Å². The lowest BCUT2D eigenvalue weighted by Gasteiger charge is -2.46. The molecular weight excluding hydrogens is 536 g/mol. The quantitative estimate of drug-likeness (QED) is 0.274. The fourth-order valence-electron chi connectivity index (χ4n) is 5.21. The van der Waals surface area contributed by atoms with Crippen molar-refractivity contribution in [3.8, 4) is 5.75 Å². The van der Waals surface area contributed by atoms with Crippen molar-refractivity contribution < 1.29 is 27.6 Å². The van der Waals surface area contributed by atoms with Crippen molar-refractivity contribution in [2.45, 2.75) is 57.2 Å². The molecule has 0 radical (unpaired) electrons. The third kappa shape index (κ3) is 6.85. The standard InChI is InChI=1S/C31H35ClF2N3O3/c1-21-19-35-16-15-27(21)29(30(39)37(2,3)20-23-5-10-24(32)11-6-23)36(25-17-31(33,34)18-25)28(38)14-9-22-7-12-26(40-4)13-8-22/h5-8,10-13,15-16,19,25,29H,9,14,17-18,20H2,1-4H3/q+1. The highest BCUT2D eigenvalue weighted by molar-refractivity contribution is 6.30. The van der Waals surface area contributed by atoms with Gasteiger partial charge in [0.25, 0.3) is 5.92 Å². The smallest absolute Gasteiger partial charge is 0.340 e. The Morgan fingerprint density at radius 3 is 2.27 bits per heavy atom. The maximum Gasteiger partial charge on any atom is 0.340 e. The highest BCUT2D eigenvalue weighted by Gasteiger charge is 2.53. The summed E-state index contributed by atoms with van der Waals surface area (Å²) >= 11 is 6.05. The second-order valence-electron chi connectivity index (χ2n) is 11.0. The number of methoxy groups -OCH3 is 1. The molecule has 40 heavy (non-hydrogen) atoms. The largest absolute Gasteiger partial charge is 0.497 e. The molecular formula is C31H35ClF2N3O3+. The molecule has 1 aromatic heterocycles. The van der Waals surface area contributed by atoms with Crippen LogP contribution in [0.15, 0.2) is 67.0 Å². The van der Waals surface area contributed by atoms with E-state index in [1.165, 1.54) is 4.90 Å². The molecule has 4 rings (SSSR count). The normalized spacial score (nSPS) is 15.7. The molecule has 1 aliphatic rings. The summed E-state index contributed by atoms with van der Waals surface area (Å²) in [6.45, 7) is 2.16. The summed E-state index contributed by atoms with van der Waals surface area (Å²) in [5.41, 5.74) is 3.11. The first-order valence-corrected chi connectivity index (χ1v) is 13.6. The number of quaternary nitrogens is 1. The van der Waals surface area contributed by atoms with Crippen LogP contribution in [-0.2, 0) is 22.6 Å². The van der Waals surface area contributed by atoms with Crippen molar-refractivity contribution in [2.24, 2.45) is 0 Å². The van der Waals surface area contributed by atoms with Crippen LogP contribution in [0.4, 0.5) is 8.78 Å². The first-order valence-electron chi connectivity index (χ1n) is 13.2. The van der Waals surface area contributed by atoms with Gasteiger partial charge in [0.2, 0.25) is 5.91 Å². The van der Waals surface area contributed by atoms with Crippen molar-refractivity contribution in [3.63, 3.8) is 0 Å². The Hall–Kier alpha value is -3.36. The van der Waals surface area contributed by atoms with E-state index in [1.54, 1.807) is 51.8 Å². The average Bonchev–Trinajstić information content (AvgIpc) is 2.90. The van der Waals surface area contributed by atoms with Gasteiger partial charge < -0.3 is 9.64 Å². The number of hydrogen-bond acceptors (Lipinski definition) is 4. The van der Waals surface area contributed by atoms with Crippen LogP contribution >= 0.6 is 11.6 Å². The van der Waals surface area contributed by atoms with Crippen molar-refractivity contribution in [2.75, 3.05) is 21.2 Å². The number of aryl methyl sites for hydroxylation is 2. The summed E-state index contributed by atoms with van der Waals surface area (Å²) < 4.78 is 33.5. The van der Waals surface area contributed by atoms with Gasteiger partial charge in [-0.3, -0.25) is 14.3 Å². The van der Waals surface area contributed by atoms with E-state index in [-0.39, 0.29) is 22.7 Å². The van der Waals surface area contributed by atoms with Crippen LogP contribution in [0.3, 0.4) is 0 Å². The summed E-state index contributed by atoms with van der Waals surface area (Å²) in [5.74, 6) is -2.77. The predicted molar refractivity (Wildman–Crippen MR) is 150 cm³/mol. The maximum atomic E-state index is 14.4. The molecule has 0 aliphatic heterocycles. The third-order valence-corrected chi connectivity index (χ3v) is 7.75. The Balaban J connectivity index is 1.69. The van der Waals surface area contributed by atoms with Crippen LogP contribution in [0.2, 0.25) is 5.02 Å². The summed E-state index contributed by atoms with van der Waals surface area (Å²) in [4.78, 5) is 33.9. The number of halogens is 3. The number of nitrogens with zero attached hydrogens (tertiary/aromatic N) is 3. The number of benzene rings is 2. The van der Waals surface area contributed by atoms with E-state index in [2.05, 4.69) is 4.98 Å². The number of aromatic nitrogens is 1. The summed E-state index contributed by atoms with van der Waals surface area (Å²) in [6, 6.07) is 14.5. The van der Waals surface area contributed by atoms with Gasteiger partial charge in [0.15, 0.2) is 6.04 Å². The Kier molecular flexibility index (Phi) is 8.90. The molecule has 6 nitrogen and oxygen atoms in total. The van der Waals surface area contributed by atoms with E-state index in [1.807, 2.05) is 43.3 Å². The molecule has 1 atom stereocenters. The Bertz CT molecular complexity index is 1340. The van der Waals surface area contributed by atoms with E-state index in [0.29, 0.717) is 34.9 Å². The van der Waals surface area contributed by atoms with Gasteiger partial charge in [-0.05, 0) is 60.4 Å². The van der Waals surface area contributed by atoms with E-state index in [9.17, 15) is 18.4 Å². The highest BCUT2D eigenvalue weighted by atomic mass is 35.5. The monoisotopic (exact) mass is 570 g/mol. The van der Waals surface area contributed by atoms with Crippen LogP contribution < -0.4 is 4.74 Å². The molecule has 0 N–H and O–H groups in total. The summed E-state index contributed by atoms with van der Waals surface area (Å²) in [6.07, 6.45) is 2.73. The second kappa shape index (κ2) is 12.0. The highest BCUT2D eigenvalue weighted by Crippen LogP contribution is 2.44. The Labute approximate surface area is 239 Å². The Morgan fingerprint density at radius 2 is 1.70 bits per heavy atom. The lowest BCUT2D eigenvalue weighted by molar-refractivity contribution is -0.829. The summed E-state index contributed by atoms with van der Waals surface area (Å²) in [5, 5.41) is 0.588. The molecule has 1 fully saturated rings. The minimum atomic E-state index is -2.87. The molecule has 1 saturated carbocycles. The molecule has 1 aliphatic carbocycles. The lowest BCUT2D eigenvalue weighted by Crippen LogP contribution is -2.59. The molecule has 1 heterocycles. The number of amides is 2. The minimum Gasteiger partial charge on any atom is -0.497 e. The number of hydrogen-bond donors (Lipinski definition) is 0. The van der Waals surface area contributed by atoms with E-state index in [4.69, 9.17) is 16.3 Å². The molecule has 0 bridgehead atoms. The number of carbonyl (C=O) groups excluding carboxylic acids is 2. The van der Waals surface area contributed by atoms with E-state index < -0.39 is 30.8 Å². The van der Waals surface area contributed by atoms with Crippen LogP contribution in [0, 0.1) is 6.92 Å². The van der Waals surface area contributed by atoms with Gasteiger partial charge in [-0.15, -0.1) is 0 Å². The topological polar surface area (TPSA) is 59.5 Å². The minimum absolute atomic E-state index is 0.0763. The van der Waals surface area contributed by atoms with Crippen molar-refractivity contribution in [3.05, 3.63) is 94.3 Å². The van der Waals surface area contributed by atoms with Crippen molar-refractivity contribution >= 4 is 23.4 Å². The molecule has 9 heteroatoms. The number of pyridine rings is 1. The first kappa shape index (κ1) is 29.6. The number of rotatable bonds is 10. The fraction of sp³-hybridized carbons (Fsp3) is 0.387. The third-order valence-electron chi connectivity index (χ3n) is 7.49. The summed E-state index contributed by atoms with van der Waals surface area (Å²) in [7, 11) is 5.13. The zero-order valence-electron chi connectivity index (χ0n) is 23.2. The van der Waals surface area contributed by atoms with Crippen LogP contribution in [0.1, 0.15) is 47.6 Å². The number of carbonyl (C=O) groups is 2. The number of ether oxygens (including phenoxy) is 1. The fourth-order valence-corrected chi connectivity index (χ4v) is 5.33. The van der Waals surface area contributed by atoms with Crippen LogP contribution in [0.5, 0.6) is 5.75 Å². The van der Waals surface area contributed by atoms with Crippen molar-refractivity contribution in [1.82, 2.24) is 9.88 Å². The van der Waals surface area contributed by atoms with Crippen molar-refractivity contribution in [1.29, 1.82) is 0 Å². The molecule has 0 spiro atoms. The molecule has 3 aromatic rings. The van der Waals surface area contributed by atoms with Gasteiger partial charge in [0.05, 0.1) is 21.2 Å². The van der Waals surface area contributed by atoms with E-state index in [0.717, 1.165) is 11.1 Å². The van der Waals surface area contributed by atoms with Crippen LogP contribution in [0.25, 0.3) is 0 Å².